The Bertz CT molecular complexity index is 1800. The molecule has 0 saturated carbocycles. The summed E-state index contributed by atoms with van der Waals surface area (Å²) < 4.78 is 31.2. The largest absolute Gasteiger partial charge is 0.268 e. The second kappa shape index (κ2) is 9.57. The highest BCUT2D eigenvalue weighted by Gasteiger charge is 2.33. The van der Waals surface area contributed by atoms with Gasteiger partial charge in [0.25, 0.3) is 5.56 Å². The molecule has 1 unspecified atom stereocenters. The second-order valence-corrected chi connectivity index (χ2v) is 11.1. The first kappa shape index (κ1) is 24.9. The summed E-state index contributed by atoms with van der Waals surface area (Å²) in [6.45, 7) is 7.81. The number of sulfonamides is 1. The van der Waals surface area contributed by atoms with Crippen molar-refractivity contribution in [1.29, 1.82) is 0 Å². The molecule has 37 heavy (non-hydrogen) atoms. The number of para-hydroxylation sites is 1. The third-order valence-electron chi connectivity index (χ3n) is 7.00. The molecular formula is C30H29N3O3S. The molecule has 0 fully saturated rings. The normalized spacial score (nSPS) is 12.9. The van der Waals surface area contributed by atoms with Crippen molar-refractivity contribution in [3.63, 3.8) is 0 Å². The van der Waals surface area contributed by atoms with E-state index in [1.807, 2.05) is 74.5 Å². The average molecular weight is 512 g/mol. The first-order valence-corrected chi connectivity index (χ1v) is 13.8. The lowest BCUT2D eigenvalue weighted by molar-refractivity contribution is 0.341. The van der Waals surface area contributed by atoms with E-state index in [1.54, 1.807) is 42.7 Å². The highest BCUT2D eigenvalue weighted by Crippen LogP contribution is 2.32. The van der Waals surface area contributed by atoms with Gasteiger partial charge in [0.2, 0.25) is 10.0 Å². The summed E-state index contributed by atoms with van der Waals surface area (Å²) in [7, 11) is -3.93. The fourth-order valence-corrected chi connectivity index (χ4v) is 6.69. The maximum atomic E-state index is 14.1. The van der Waals surface area contributed by atoms with Gasteiger partial charge in [-0.05, 0) is 67.6 Å². The number of fused-ring (bicyclic) bond motifs is 2. The molecule has 0 amide bonds. The number of aromatic nitrogens is 2. The molecule has 5 rings (SSSR count). The highest BCUT2D eigenvalue weighted by atomic mass is 32.2. The molecule has 188 valence electrons. The van der Waals surface area contributed by atoms with Crippen molar-refractivity contribution in [2.75, 3.05) is 6.54 Å². The summed E-state index contributed by atoms with van der Waals surface area (Å²) in [6, 6.07) is 25.0. The minimum atomic E-state index is -3.93. The van der Waals surface area contributed by atoms with E-state index in [0.29, 0.717) is 27.8 Å². The van der Waals surface area contributed by atoms with Gasteiger partial charge in [0, 0.05) is 11.9 Å². The molecule has 0 N–H and O–H groups in total. The second-order valence-electron chi connectivity index (χ2n) is 9.26. The predicted molar refractivity (Wildman–Crippen MR) is 149 cm³/mol. The molecule has 0 radical (unpaired) electrons. The van der Waals surface area contributed by atoms with Crippen LogP contribution in [0.15, 0.2) is 94.6 Å². The zero-order valence-corrected chi connectivity index (χ0v) is 22.2. The van der Waals surface area contributed by atoms with Crippen molar-refractivity contribution in [2.45, 2.75) is 38.6 Å². The van der Waals surface area contributed by atoms with E-state index in [4.69, 9.17) is 4.98 Å². The van der Waals surface area contributed by atoms with Gasteiger partial charge in [-0.3, -0.25) is 9.36 Å². The Morgan fingerprint density at radius 3 is 2.27 bits per heavy atom. The summed E-state index contributed by atoms with van der Waals surface area (Å²) in [4.78, 5) is 18.9. The third-order valence-corrected chi connectivity index (χ3v) is 9.11. The fraction of sp³-hybridized carbons (Fsp3) is 0.200. The van der Waals surface area contributed by atoms with Crippen LogP contribution in [-0.4, -0.2) is 28.8 Å². The monoisotopic (exact) mass is 511 g/mol. The SMILES string of the molecule is CCN(C(C)c1nc2ccccc2c(=O)n1-c1ccc(C)c(C)c1)S(=O)(=O)c1cccc2ccccc12. The molecule has 0 aliphatic heterocycles. The van der Waals surface area contributed by atoms with E-state index in [2.05, 4.69) is 0 Å². The lowest BCUT2D eigenvalue weighted by Gasteiger charge is -2.29. The van der Waals surface area contributed by atoms with Gasteiger partial charge in [0.15, 0.2) is 0 Å². The fourth-order valence-electron chi connectivity index (χ4n) is 4.87. The summed E-state index contributed by atoms with van der Waals surface area (Å²) in [5.74, 6) is 0.373. The van der Waals surface area contributed by atoms with Gasteiger partial charge in [0.1, 0.15) is 5.82 Å². The van der Waals surface area contributed by atoms with E-state index < -0.39 is 16.1 Å². The Morgan fingerprint density at radius 1 is 0.865 bits per heavy atom. The van der Waals surface area contributed by atoms with E-state index in [9.17, 15) is 13.2 Å². The van der Waals surface area contributed by atoms with Gasteiger partial charge in [-0.2, -0.15) is 4.31 Å². The minimum Gasteiger partial charge on any atom is -0.268 e. The molecule has 0 aliphatic carbocycles. The van der Waals surface area contributed by atoms with Crippen LogP contribution < -0.4 is 5.56 Å². The number of aryl methyl sites for hydroxylation is 2. The van der Waals surface area contributed by atoms with Gasteiger partial charge in [0.05, 0.1) is 27.5 Å². The Morgan fingerprint density at radius 2 is 1.54 bits per heavy atom. The molecule has 4 aromatic carbocycles. The summed E-state index contributed by atoms with van der Waals surface area (Å²) in [5.41, 5.74) is 3.11. The van der Waals surface area contributed by atoms with Crippen LogP contribution in [0, 0.1) is 13.8 Å². The molecular weight excluding hydrogens is 482 g/mol. The van der Waals surface area contributed by atoms with E-state index >= 15 is 0 Å². The zero-order chi connectivity index (χ0) is 26.3. The molecule has 0 bridgehead atoms. The highest BCUT2D eigenvalue weighted by molar-refractivity contribution is 7.89. The Balaban J connectivity index is 1.74. The molecule has 0 spiro atoms. The van der Waals surface area contributed by atoms with Gasteiger partial charge < -0.3 is 0 Å². The van der Waals surface area contributed by atoms with E-state index in [-0.39, 0.29) is 17.0 Å². The summed E-state index contributed by atoms with van der Waals surface area (Å²) >= 11 is 0. The topological polar surface area (TPSA) is 72.3 Å². The van der Waals surface area contributed by atoms with Gasteiger partial charge >= 0.3 is 0 Å². The molecule has 7 heteroatoms. The predicted octanol–water partition coefficient (Wildman–Crippen LogP) is 5.93. The standard InChI is InChI=1S/C30H29N3O3S/c1-5-32(37(35,36)28-16-10-12-23-11-6-7-13-25(23)28)22(4)29-31-27-15-9-8-14-26(27)30(34)33(29)24-18-17-20(2)21(3)19-24/h6-19,22H,5H2,1-4H3. The van der Waals surface area contributed by atoms with Crippen LogP contribution in [0.1, 0.15) is 36.8 Å². The molecule has 0 saturated heterocycles. The number of rotatable bonds is 6. The number of nitrogens with zero attached hydrogens (tertiary/aromatic N) is 3. The van der Waals surface area contributed by atoms with E-state index in [0.717, 1.165) is 16.5 Å². The first-order valence-electron chi connectivity index (χ1n) is 12.3. The Labute approximate surface area is 216 Å². The van der Waals surface area contributed by atoms with Crippen LogP contribution in [-0.2, 0) is 10.0 Å². The van der Waals surface area contributed by atoms with Crippen molar-refractivity contribution in [1.82, 2.24) is 13.9 Å². The maximum absolute atomic E-state index is 14.1. The molecule has 1 atom stereocenters. The van der Waals surface area contributed by atoms with Crippen molar-refractivity contribution < 1.29 is 8.42 Å². The number of hydrogen-bond acceptors (Lipinski definition) is 4. The quantitative estimate of drug-likeness (QED) is 0.283. The van der Waals surface area contributed by atoms with Crippen LogP contribution in [0.5, 0.6) is 0 Å². The molecule has 6 nitrogen and oxygen atoms in total. The summed E-state index contributed by atoms with van der Waals surface area (Å²) in [6.07, 6.45) is 0. The number of hydrogen-bond donors (Lipinski definition) is 0. The van der Waals surface area contributed by atoms with Crippen LogP contribution in [0.4, 0.5) is 0 Å². The van der Waals surface area contributed by atoms with Gasteiger partial charge in [-0.1, -0.05) is 61.5 Å². The maximum Gasteiger partial charge on any atom is 0.266 e. The van der Waals surface area contributed by atoms with Crippen LogP contribution in [0.25, 0.3) is 27.4 Å². The third kappa shape index (κ3) is 4.24. The van der Waals surface area contributed by atoms with Crippen molar-refractivity contribution in [3.05, 3.63) is 112 Å². The van der Waals surface area contributed by atoms with Crippen molar-refractivity contribution in [2.24, 2.45) is 0 Å². The Hall–Kier alpha value is -3.81. The van der Waals surface area contributed by atoms with E-state index in [1.165, 1.54) is 4.31 Å². The van der Waals surface area contributed by atoms with Gasteiger partial charge in [-0.15, -0.1) is 0 Å². The molecule has 1 aromatic heterocycles. The van der Waals surface area contributed by atoms with Crippen LogP contribution in [0.3, 0.4) is 0 Å². The first-order chi connectivity index (χ1) is 17.7. The van der Waals surface area contributed by atoms with Crippen LogP contribution in [0.2, 0.25) is 0 Å². The lowest BCUT2D eigenvalue weighted by atomic mass is 10.1. The number of benzene rings is 4. The molecule has 0 aliphatic rings. The Kier molecular flexibility index (Phi) is 6.43. The average Bonchev–Trinajstić information content (AvgIpc) is 2.90. The molecule has 1 heterocycles. The van der Waals surface area contributed by atoms with Crippen molar-refractivity contribution >= 4 is 31.7 Å². The lowest BCUT2D eigenvalue weighted by Crippen LogP contribution is -2.37. The van der Waals surface area contributed by atoms with Crippen molar-refractivity contribution in [3.8, 4) is 5.69 Å². The zero-order valence-electron chi connectivity index (χ0n) is 21.3. The smallest absolute Gasteiger partial charge is 0.266 e. The van der Waals surface area contributed by atoms with Crippen LogP contribution >= 0.6 is 0 Å². The van der Waals surface area contributed by atoms with Gasteiger partial charge in [-0.25, -0.2) is 13.4 Å². The molecule has 5 aromatic rings. The summed E-state index contributed by atoms with van der Waals surface area (Å²) in [5, 5.41) is 1.99. The minimum absolute atomic E-state index is 0.211.